The van der Waals surface area contributed by atoms with Crippen molar-refractivity contribution in [2.24, 2.45) is 0 Å². The predicted octanol–water partition coefficient (Wildman–Crippen LogP) is 1.30. The van der Waals surface area contributed by atoms with Crippen molar-refractivity contribution in [3.8, 4) is 5.75 Å². The lowest BCUT2D eigenvalue weighted by molar-refractivity contribution is -0.133. The molecule has 0 radical (unpaired) electrons. The molecule has 2 aliphatic rings. The number of piperidine rings is 1. The van der Waals surface area contributed by atoms with E-state index in [1.807, 2.05) is 31.2 Å². The van der Waals surface area contributed by atoms with E-state index < -0.39 is 5.54 Å². The lowest BCUT2D eigenvalue weighted by atomic mass is 9.88. The highest BCUT2D eigenvalue weighted by Gasteiger charge is 2.52. The van der Waals surface area contributed by atoms with Crippen LogP contribution in [0.25, 0.3) is 0 Å². The summed E-state index contributed by atoms with van der Waals surface area (Å²) in [5.41, 5.74) is 0.284. The van der Waals surface area contributed by atoms with Crippen molar-refractivity contribution in [1.29, 1.82) is 0 Å². The number of benzene rings is 1. The van der Waals surface area contributed by atoms with Crippen LogP contribution in [0.5, 0.6) is 5.75 Å². The molecule has 6 heteroatoms. The van der Waals surface area contributed by atoms with Crippen LogP contribution in [0.15, 0.2) is 24.3 Å². The van der Waals surface area contributed by atoms with Gasteiger partial charge in [-0.3, -0.25) is 9.69 Å². The molecule has 0 bridgehead atoms. The first-order valence-corrected chi connectivity index (χ1v) is 8.06. The van der Waals surface area contributed by atoms with Gasteiger partial charge in [0.05, 0.1) is 7.11 Å². The summed E-state index contributed by atoms with van der Waals surface area (Å²) in [5.74, 6) is 0.689. The van der Waals surface area contributed by atoms with E-state index in [-0.39, 0.29) is 18.0 Å². The van der Waals surface area contributed by atoms with Gasteiger partial charge in [0.1, 0.15) is 11.3 Å². The summed E-state index contributed by atoms with van der Waals surface area (Å²) in [5, 5.41) is 6.16. The molecule has 1 unspecified atom stereocenters. The summed E-state index contributed by atoms with van der Waals surface area (Å²) >= 11 is 0. The second kappa shape index (κ2) is 6.20. The van der Waals surface area contributed by atoms with Crippen molar-refractivity contribution in [2.75, 3.05) is 20.2 Å². The van der Waals surface area contributed by atoms with E-state index in [0.717, 1.165) is 24.4 Å². The summed E-state index contributed by atoms with van der Waals surface area (Å²) in [4.78, 5) is 26.6. The first-order valence-electron chi connectivity index (χ1n) is 8.06. The fourth-order valence-corrected chi connectivity index (χ4v) is 3.52. The number of nitrogens with one attached hydrogen (secondary N) is 2. The zero-order chi connectivity index (χ0) is 16.4. The molecule has 1 atom stereocenters. The highest BCUT2D eigenvalue weighted by Crippen LogP contribution is 2.30. The van der Waals surface area contributed by atoms with Crippen LogP contribution in [0.3, 0.4) is 0 Å². The standard InChI is InChI=1S/C17H23N3O3/c1-12(11-13-5-3-4-6-14(13)23-2)20-15(21)17(19-16(20)22)7-9-18-10-8-17/h3-6,12,18H,7-11H2,1-2H3,(H,19,22). The number of hydrogen-bond donors (Lipinski definition) is 2. The van der Waals surface area contributed by atoms with E-state index >= 15 is 0 Å². The molecule has 1 spiro atoms. The van der Waals surface area contributed by atoms with Gasteiger partial charge in [-0.1, -0.05) is 18.2 Å². The van der Waals surface area contributed by atoms with E-state index in [1.54, 1.807) is 7.11 Å². The van der Waals surface area contributed by atoms with Crippen molar-refractivity contribution >= 4 is 11.9 Å². The fourth-order valence-electron chi connectivity index (χ4n) is 3.52. The van der Waals surface area contributed by atoms with Crippen LogP contribution in [-0.2, 0) is 11.2 Å². The van der Waals surface area contributed by atoms with Crippen molar-refractivity contribution in [2.45, 2.75) is 37.8 Å². The molecule has 1 aromatic rings. The lowest BCUT2D eigenvalue weighted by Crippen LogP contribution is -2.54. The molecule has 2 N–H and O–H groups in total. The van der Waals surface area contributed by atoms with Crippen LogP contribution in [0.2, 0.25) is 0 Å². The molecular formula is C17H23N3O3. The number of hydrogen-bond acceptors (Lipinski definition) is 4. The van der Waals surface area contributed by atoms with Crippen LogP contribution in [0.4, 0.5) is 4.79 Å². The van der Waals surface area contributed by atoms with Gasteiger partial charge in [-0.25, -0.2) is 4.79 Å². The Bertz CT molecular complexity index is 611. The third kappa shape index (κ3) is 2.79. The van der Waals surface area contributed by atoms with Crippen LogP contribution in [-0.4, -0.2) is 48.6 Å². The molecule has 23 heavy (non-hydrogen) atoms. The number of carbonyl (C=O) groups is 2. The van der Waals surface area contributed by atoms with Crippen LogP contribution >= 0.6 is 0 Å². The molecule has 6 nitrogen and oxygen atoms in total. The van der Waals surface area contributed by atoms with E-state index in [2.05, 4.69) is 10.6 Å². The Morgan fingerprint density at radius 2 is 1.96 bits per heavy atom. The van der Waals surface area contributed by atoms with E-state index in [0.29, 0.717) is 19.3 Å². The molecule has 2 aliphatic heterocycles. The average molecular weight is 317 g/mol. The lowest BCUT2D eigenvalue weighted by Gasteiger charge is -2.31. The summed E-state index contributed by atoms with van der Waals surface area (Å²) < 4.78 is 5.36. The van der Waals surface area contributed by atoms with Crippen LogP contribution < -0.4 is 15.4 Å². The van der Waals surface area contributed by atoms with Crippen molar-refractivity contribution in [3.63, 3.8) is 0 Å². The Kier molecular flexibility index (Phi) is 4.26. The Hall–Kier alpha value is -2.08. The minimum Gasteiger partial charge on any atom is -0.496 e. The second-order valence-corrected chi connectivity index (χ2v) is 6.30. The SMILES string of the molecule is COc1ccccc1CC(C)N1C(=O)NC2(CCNCC2)C1=O. The first kappa shape index (κ1) is 15.8. The Morgan fingerprint density at radius 1 is 1.26 bits per heavy atom. The third-order valence-electron chi connectivity index (χ3n) is 4.80. The normalized spacial score (nSPS) is 21.4. The molecule has 0 saturated carbocycles. The predicted molar refractivity (Wildman–Crippen MR) is 86.4 cm³/mol. The van der Waals surface area contributed by atoms with Crippen molar-refractivity contribution in [1.82, 2.24) is 15.5 Å². The summed E-state index contributed by atoms with van der Waals surface area (Å²) in [6, 6.07) is 7.21. The van der Waals surface area contributed by atoms with Gasteiger partial charge in [0.15, 0.2) is 0 Å². The Morgan fingerprint density at radius 3 is 2.65 bits per heavy atom. The number of carbonyl (C=O) groups excluding carboxylic acids is 2. The maximum Gasteiger partial charge on any atom is 0.325 e. The number of urea groups is 1. The second-order valence-electron chi connectivity index (χ2n) is 6.30. The molecular weight excluding hydrogens is 294 g/mol. The summed E-state index contributed by atoms with van der Waals surface area (Å²) in [7, 11) is 1.63. The average Bonchev–Trinajstić information content (AvgIpc) is 2.79. The maximum atomic E-state index is 12.9. The van der Waals surface area contributed by atoms with E-state index in [4.69, 9.17) is 4.74 Å². The molecule has 2 heterocycles. The minimum atomic E-state index is -0.711. The Balaban J connectivity index is 1.78. The number of imide groups is 1. The summed E-state index contributed by atoms with van der Waals surface area (Å²) in [6.07, 6.45) is 1.88. The van der Waals surface area contributed by atoms with Gasteiger partial charge < -0.3 is 15.4 Å². The fraction of sp³-hybridized carbons (Fsp3) is 0.529. The monoisotopic (exact) mass is 317 g/mol. The Labute approximate surface area is 136 Å². The van der Waals surface area contributed by atoms with Gasteiger partial charge in [0.25, 0.3) is 5.91 Å². The molecule has 2 fully saturated rings. The maximum absolute atomic E-state index is 12.9. The molecule has 3 rings (SSSR count). The molecule has 0 aromatic heterocycles. The van der Waals surface area contributed by atoms with Gasteiger partial charge in [0.2, 0.25) is 0 Å². The number of methoxy groups -OCH3 is 1. The van der Waals surface area contributed by atoms with Gasteiger partial charge in [-0.05, 0) is 50.9 Å². The minimum absolute atomic E-state index is 0.0913. The van der Waals surface area contributed by atoms with Gasteiger partial charge in [-0.15, -0.1) is 0 Å². The van der Waals surface area contributed by atoms with E-state index in [9.17, 15) is 9.59 Å². The highest BCUT2D eigenvalue weighted by atomic mass is 16.5. The van der Waals surface area contributed by atoms with Gasteiger partial charge in [0, 0.05) is 6.04 Å². The molecule has 2 saturated heterocycles. The smallest absolute Gasteiger partial charge is 0.325 e. The van der Waals surface area contributed by atoms with Crippen LogP contribution in [0, 0.1) is 0 Å². The van der Waals surface area contributed by atoms with Gasteiger partial charge in [-0.2, -0.15) is 0 Å². The summed E-state index contributed by atoms with van der Waals surface area (Å²) in [6.45, 7) is 3.41. The van der Waals surface area contributed by atoms with Crippen molar-refractivity contribution < 1.29 is 14.3 Å². The topological polar surface area (TPSA) is 70.7 Å². The molecule has 3 amide bonds. The molecule has 1 aromatic carbocycles. The van der Waals surface area contributed by atoms with E-state index in [1.165, 1.54) is 4.90 Å². The number of amides is 3. The quantitative estimate of drug-likeness (QED) is 0.821. The first-order chi connectivity index (χ1) is 11.1. The number of ether oxygens (including phenoxy) is 1. The van der Waals surface area contributed by atoms with Gasteiger partial charge >= 0.3 is 6.03 Å². The number of nitrogens with zero attached hydrogens (tertiary/aromatic N) is 1. The van der Waals surface area contributed by atoms with Crippen LogP contribution in [0.1, 0.15) is 25.3 Å². The third-order valence-corrected chi connectivity index (χ3v) is 4.80. The highest BCUT2D eigenvalue weighted by molar-refractivity contribution is 6.07. The largest absolute Gasteiger partial charge is 0.496 e. The number of rotatable bonds is 4. The zero-order valence-corrected chi connectivity index (χ0v) is 13.6. The zero-order valence-electron chi connectivity index (χ0n) is 13.6. The number of para-hydroxylation sites is 1. The molecule has 0 aliphatic carbocycles. The molecule has 124 valence electrons. The van der Waals surface area contributed by atoms with Crippen molar-refractivity contribution in [3.05, 3.63) is 29.8 Å².